The monoisotopic (exact) mass is 276 g/mol. The highest BCUT2D eigenvalue weighted by atomic mass is 16.5. The number of carbonyl (C=O) groups excluding carboxylic acids is 2. The van der Waals surface area contributed by atoms with Gasteiger partial charge in [-0.25, -0.2) is 0 Å². The zero-order valence-corrected chi connectivity index (χ0v) is 12.0. The number of carbonyl (C=O) groups is 2. The van der Waals surface area contributed by atoms with Crippen molar-refractivity contribution in [3.05, 3.63) is 18.2 Å². The van der Waals surface area contributed by atoms with Crippen LogP contribution in [0.3, 0.4) is 0 Å². The van der Waals surface area contributed by atoms with E-state index in [4.69, 9.17) is 4.74 Å². The molecule has 1 heterocycles. The summed E-state index contributed by atoms with van der Waals surface area (Å²) in [5.74, 6) is 0.460. The Bertz CT molecular complexity index is 524. The van der Waals surface area contributed by atoms with Crippen LogP contribution in [-0.4, -0.2) is 17.9 Å². The van der Waals surface area contributed by atoms with Gasteiger partial charge in [-0.1, -0.05) is 13.8 Å². The summed E-state index contributed by atoms with van der Waals surface area (Å²) in [6.45, 7) is 5.69. The Morgan fingerprint density at radius 2 is 2.10 bits per heavy atom. The van der Waals surface area contributed by atoms with Crippen molar-refractivity contribution in [3.63, 3.8) is 0 Å². The van der Waals surface area contributed by atoms with E-state index in [1.807, 2.05) is 13.8 Å². The van der Waals surface area contributed by atoms with Gasteiger partial charge >= 0.3 is 0 Å². The van der Waals surface area contributed by atoms with Gasteiger partial charge in [0.25, 0.3) is 5.91 Å². The fraction of sp³-hybridized carbons (Fsp3) is 0.467. The SMILES string of the molecule is CCC(CC)C(=O)Nc1ccc2c(c1)NC(=O)C(C)O2. The van der Waals surface area contributed by atoms with Crippen LogP contribution in [0.2, 0.25) is 0 Å². The molecule has 0 spiro atoms. The van der Waals surface area contributed by atoms with Crippen molar-refractivity contribution in [1.82, 2.24) is 0 Å². The van der Waals surface area contributed by atoms with Gasteiger partial charge in [0, 0.05) is 11.6 Å². The third-order valence-electron chi connectivity index (χ3n) is 3.53. The number of nitrogens with one attached hydrogen (secondary N) is 2. The van der Waals surface area contributed by atoms with Gasteiger partial charge in [-0.15, -0.1) is 0 Å². The zero-order valence-electron chi connectivity index (χ0n) is 12.0. The zero-order chi connectivity index (χ0) is 14.7. The smallest absolute Gasteiger partial charge is 0.265 e. The van der Waals surface area contributed by atoms with Crippen molar-refractivity contribution in [1.29, 1.82) is 0 Å². The minimum Gasteiger partial charge on any atom is -0.479 e. The molecule has 1 atom stereocenters. The molecule has 1 aromatic rings. The van der Waals surface area contributed by atoms with Crippen LogP contribution in [0.4, 0.5) is 11.4 Å². The Labute approximate surface area is 118 Å². The van der Waals surface area contributed by atoms with Gasteiger partial charge < -0.3 is 15.4 Å². The second-order valence-electron chi connectivity index (χ2n) is 4.96. The van der Waals surface area contributed by atoms with Gasteiger partial charge in [0.15, 0.2) is 6.10 Å². The second kappa shape index (κ2) is 5.94. The lowest BCUT2D eigenvalue weighted by Crippen LogP contribution is -2.34. The number of fused-ring (bicyclic) bond motifs is 1. The molecule has 2 rings (SSSR count). The van der Waals surface area contributed by atoms with E-state index in [1.54, 1.807) is 25.1 Å². The first kappa shape index (κ1) is 14.4. The van der Waals surface area contributed by atoms with Crippen molar-refractivity contribution in [2.45, 2.75) is 39.7 Å². The summed E-state index contributed by atoms with van der Waals surface area (Å²) >= 11 is 0. The van der Waals surface area contributed by atoms with Crippen LogP contribution in [0.5, 0.6) is 5.75 Å². The van der Waals surface area contributed by atoms with Crippen LogP contribution >= 0.6 is 0 Å². The van der Waals surface area contributed by atoms with Crippen molar-refractivity contribution >= 4 is 23.2 Å². The van der Waals surface area contributed by atoms with E-state index >= 15 is 0 Å². The second-order valence-corrected chi connectivity index (χ2v) is 4.96. The predicted molar refractivity (Wildman–Crippen MR) is 77.9 cm³/mol. The standard InChI is InChI=1S/C15H20N2O3/c1-4-10(5-2)15(19)16-11-6-7-13-12(8-11)17-14(18)9(3)20-13/h6-10H,4-5H2,1-3H3,(H,16,19)(H,17,18). The van der Waals surface area contributed by atoms with Crippen molar-refractivity contribution in [3.8, 4) is 5.75 Å². The number of benzene rings is 1. The summed E-state index contributed by atoms with van der Waals surface area (Å²) < 4.78 is 5.47. The van der Waals surface area contributed by atoms with Gasteiger partial charge in [0.05, 0.1) is 5.69 Å². The molecule has 0 fully saturated rings. The summed E-state index contributed by atoms with van der Waals surface area (Å²) in [5.41, 5.74) is 1.26. The predicted octanol–water partition coefficient (Wildman–Crippen LogP) is 2.78. The van der Waals surface area contributed by atoms with E-state index in [-0.39, 0.29) is 17.7 Å². The molecule has 5 heteroatoms. The molecule has 0 radical (unpaired) electrons. The average molecular weight is 276 g/mol. The molecule has 2 amide bonds. The summed E-state index contributed by atoms with van der Waals surface area (Å²) in [5, 5.41) is 5.64. The first-order valence-corrected chi connectivity index (χ1v) is 6.97. The van der Waals surface area contributed by atoms with Crippen LogP contribution in [0.15, 0.2) is 18.2 Å². The van der Waals surface area contributed by atoms with Crippen LogP contribution in [0.25, 0.3) is 0 Å². The number of rotatable bonds is 4. The molecule has 0 saturated heterocycles. The highest BCUT2D eigenvalue weighted by molar-refractivity contribution is 5.99. The maximum absolute atomic E-state index is 12.0. The van der Waals surface area contributed by atoms with E-state index in [1.165, 1.54) is 0 Å². The fourth-order valence-corrected chi connectivity index (χ4v) is 2.19. The number of hydrogen-bond acceptors (Lipinski definition) is 3. The number of hydrogen-bond donors (Lipinski definition) is 2. The Morgan fingerprint density at radius 3 is 2.75 bits per heavy atom. The number of anilines is 2. The maximum atomic E-state index is 12.0. The van der Waals surface area contributed by atoms with Gasteiger partial charge in [-0.05, 0) is 38.0 Å². The number of ether oxygens (including phenoxy) is 1. The molecule has 20 heavy (non-hydrogen) atoms. The first-order chi connectivity index (χ1) is 9.55. The molecule has 1 unspecified atom stereocenters. The molecule has 0 bridgehead atoms. The summed E-state index contributed by atoms with van der Waals surface area (Å²) in [4.78, 5) is 23.6. The van der Waals surface area contributed by atoms with E-state index in [0.717, 1.165) is 12.8 Å². The molecular formula is C15H20N2O3. The minimum absolute atomic E-state index is 0.00590. The third-order valence-corrected chi connectivity index (χ3v) is 3.53. The van der Waals surface area contributed by atoms with Crippen LogP contribution in [0, 0.1) is 5.92 Å². The molecular weight excluding hydrogens is 256 g/mol. The minimum atomic E-state index is -0.493. The molecule has 108 valence electrons. The van der Waals surface area contributed by atoms with Crippen molar-refractivity contribution < 1.29 is 14.3 Å². The topological polar surface area (TPSA) is 67.4 Å². The van der Waals surface area contributed by atoms with Crippen molar-refractivity contribution in [2.24, 2.45) is 5.92 Å². The van der Waals surface area contributed by atoms with Crippen LogP contribution < -0.4 is 15.4 Å². The first-order valence-electron chi connectivity index (χ1n) is 6.97. The third kappa shape index (κ3) is 2.92. The Hall–Kier alpha value is -2.04. The summed E-state index contributed by atoms with van der Waals surface area (Å²) in [7, 11) is 0. The molecule has 0 saturated carbocycles. The maximum Gasteiger partial charge on any atom is 0.265 e. The Balaban J connectivity index is 2.14. The van der Waals surface area contributed by atoms with E-state index < -0.39 is 6.10 Å². The number of amides is 2. The van der Waals surface area contributed by atoms with Crippen LogP contribution in [0.1, 0.15) is 33.6 Å². The molecule has 1 aliphatic rings. The fourth-order valence-electron chi connectivity index (χ4n) is 2.19. The average Bonchev–Trinajstić information content (AvgIpc) is 2.42. The van der Waals surface area contributed by atoms with Gasteiger partial charge in [-0.3, -0.25) is 9.59 Å². The Morgan fingerprint density at radius 1 is 1.40 bits per heavy atom. The molecule has 0 aliphatic carbocycles. The summed E-state index contributed by atoms with van der Waals surface area (Å²) in [6, 6.07) is 5.26. The van der Waals surface area contributed by atoms with Crippen LogP contribution in [-0.2, 0) is 9.59 Å². The molecule has 5 nitrogen and oxygen atoms in total. The van der Waals surface area contributed by atoms with Gasteiger partial charge in [-0.2, -0.15) is 0 Å². The van der Waals surface area contributed by atoms with E-state index in [0.29, 0.717) is 17.1 Å². The van der Waals surface area contributed by atoms with E-state index in [9.17, 15) is 9.59 Å². The van der Waals surface area contributed by atoms with Gasteiger partial charge in [0.2, 0.25) is 5.91 Å². The lowest BCUT2D eigenvalue weighted by atomic mass is 10.0. The Kier molecular flexibility index (Phi) is 4.27. The molecule has 0 aromatic heterocycles. The quantitative estimate of drug-likeness (QED) is 0.888. The lowest BCUT2D eigenvalue weighted by Gasteiger charge is -2.24. The van der Waals surface area contributed by atoms with E-state index in [2.05, 4.69) is 10.6 Å². The molecule has 1 aromatic carbocycles. The van der Waals surface area contributed by atoms with Crippen molar-refractivity contribution in [2.75, 3.05) is 10.6 Å². The molecule has 2 N–H and O–H groups in total. The molecule has 1 aliphatic heterocycles. The highest BCUT2D eigenvalue weighted by Crippen LogP contribution is 2.32. The highest BCUT2D eigenvalue weighted by Gasteiger charge is 2.24. The lowest BCUT2D eigenvalue weighted by molar-refractivity contribution is -0.122. The van der Waals surface area contributed by atoms with Gasteiger partial charge in [0.1, 0.15) is 5.75 Å². The normalized spacial score (nSPS) is 17.2. The summed E-state index contributed by atoms with van der Waals surface area (Å²) in [6.07, 6.45) is 1.13. The largest absolute Gasteiger partial charge is 0.479 e.